The number of ether oxygens (including phenoxy) is 1. The van der Waals surface area contributed by atoms with Crippen LogP contribution in [0.3, 0.4) is 0 Å². The normalized spacial score (nSPS) is 11.4. The summed E-state index contributed by atoms with van der Waals surface area (Å²) in [5.74, 6) is 0. The number of fused-ring (bicyclic) bond motifs is 5. The minimum absolute atomic E-state index is 0.507. The van der Waals surface area contributed by atoms with Crippen LogP contribution >= 0.6 is 11.3 Å². The zero-order chi connectivity index (χ0) is 42.8. The first-order chi connectivity index (χ1) is 31.7. The van der Waals surface area contributed by atoms with Gasteiger partial charge in [0.1, 0.15) is 0 Å². The van der Waals surface area contributed by atoms with E-state index in [1.165, 1.54) is 47.3 Å². The van der Waals surface area contributed by atoms with Crippen LogP contribution in [0, 0.1) is 0 Å². The molecule has 1 heterocycles. The van der Waals surface area contributed by atoms with E-state index in [2.05, 4.69) is 241 Å². The lowest BCUT2D eigenvalue weighted by Crippen LogP contribution is -2.14. The lowest BCUT2D eigenvalue weighted by molar-refractivity contribution is 0.107. The maximum absolute atomic E-state index is 6.24. The van der Waals surface area contributed by atoms with E-state index in [9.17, 15) is 0 Å². The molecule has 0 saturated heterocycles. The molecule has 11 aromatic rings. The third-order valence-electron chi connectivity index (χ3n) is 12.1. The smallest absolute Gasteiger partial charge is 0.0721 e. The van der Waals surface area contributed by atoms with Gasteiger partial charge in [-0.25, -0.2) is 0 Å². The van der Waals surface area contributed by atoms with Crippen molar-refractivity contribution in [2.45, 2.75) is 13.2 Å². The molecule has 0 spiro atoms. The predicted molar refractivity (Wildman–Crippen MR) is 274 cm³/mol. The first kappa shape index (κ1) is 39.1. The van der Waals surface area contributed by atoms with E-state index in [4.69, 9.17) is 4.74 Å². The summed E-state index contributed by atoms with van der Waals surface area (Å²) in [6.45, 7) is 4.93. The summed E-state index contributed by atoms with van der Waals surface area (Å²) in [6.07, 6.45) is 1.86. The minimum atomic E-state index is 0.507. The molecule has 0 aliphatic rings. The summed E-state index contributed by atoms with van der Waals surface area (Å²) in [4.78, 5) is 4.85. The van der Waals surface area contributed by atoms with Gasteiger partial charge in [-0.3, -0.25) is 0 Å². The summed E-state index contributed by atoms with van der Waals surface area (Å²) in [5.41, 5.74) is 12.2. The summed E-state index contributed by atoms with van der Waals surface area (Å²) in [7, 11) is 0. The van der Waals surface area contributed by atoms with Gasteiger partial charge in [0, 0.05) is 53.7 Å². The Morgan fingerprint density at radius 3 is 1.55 bits per heavy atom. The fourth-order valence-electron chi connectivity index (χ4n) is 9.04. The summed E-state index contributed by atoms with van der Waals surface area (Å²) in [5, 5.41) is 7.29. The number of anilines is 6. The van der Waals surface area contributed by atoms with Crippen molar-refractivity contribution < 1.29 is 4.74 Å². The Hall–Kier alpha value is -7.76. The van der Waals surface area contributed by atoms with Crippen LogP contribution in [0.2, 0.25) is 0 Å². The van der Waals surface area contributed by atoms with Gasteiger partial charge < -0.3 is 14.5 Å². The van der Waals surface area contributed by atoms with Crippen molar-refractivity contribution in [1.29, 1.82) is 0 Å². The van der Waals surface area contributed by atoms with Gasteiger partial charge >= 0.3 is 0 Å². The van der Waals surface area contributed by atoms with Gasteiger partial charge in [0.2, 0.25) is 0 Å². The number of nitrogens with zero attached hydrogens (tertiary/aromatic N) is 2. The van der Waals surface area contributed by atoms with Crippen LogP contribution in [-0.4, -0.2) is 0 Å². The van der Waals surface area contributed by atoms with Crippen molar-refractivity contribution >= 4 is 93.3 Å². The quantitative estimate of drug-likeness (QED) is 0.122. The Kier molecular flexibility index (Phi) is 10.5. The van der Waals surface area contributed by atoms with Gasteiger partial charge in [-0.2, -0.15) is 0 Å². The maximum atomic E-state index is 6.24. The van der Waals surface area contributed by atoms with E-state index in [1.807, 2.05) is 17.4 Å². The molecule has 306 valence electrons. The number of thiophene rings is 1. The van der Waals surface area contributed by atoms with Crippen molar-refractivity contribution in [2.24, 2.45) is 0 Å². The SMILES string of the molecule is C=Cc1ccc(COCc2ccc(N(c3cc(-c4cccc5sc6ccccc6c45)cc(N(c4ccccc4)c4cccc5ccccc45)c3)c3cccc4ccccc34)cc2)cc1. The van der Waals surface area contributed by atoms with E-state index in [-0.39, 0.29) is 0 Å². The molecule has 0 unspecified atom stereocenters. The van der Waals surface area contributed by atoms with Crippen LogP contribution in [-0.2, 0) is 18.0 Å². The average Bonchev–Trinajstić information content (AvgIpc) is 3.74. The van der Waals surface area contributed by atoms with Crippen LogP contribution in [0.4, 0.5) is 34.1 Å². The Bertz CT molecular complexity index is 3440. The molecule has 4 heteroatoms. The first-order valence-electron chi connectivity index (χ1n) is 21.7. The molecule has 0 amide bonds. The number of hydrogen-bond acceptors (Lipinski definition) is 4. The van der Waals surface area contributed by atoms with Gasteiger partial charge in [0.25, 0.3) is 0 Å². The lowest BCUT2D eigenvalue weighted by Gasteiger charge is -2.31. The van der Waals surface area contributed by atoms with Gasteiger partial charge in [0.05, 0.1) is 24.6 Å². The van der Waals surface area contributed by atoms with Gasteiger partial charge in [0.15, 0.2) is 0 Å². The fourth-order valence-corrected chi connectivity index (χ4v) is 10.2. The standard InChI is InChI=1S/C60H44N2OS/c1-2-42-29-31-43(32-30-42)40-63-41-44-33-35-49(36-34-44)62(57-26-13-18-46-16-7-9-22-53(46)57)51-38-47(54-24-14-28-59-60(54)55-23-10-11-27-58(55)64-59)37-50(39-51)61(48-19-4-3-5-20-48)56-25-12-17-45-15-6-8-21-52(45)56/h2-39H,1,40-41H2. The third-order valence-corrected chi connectivity index (χ3v) is 13.2. The van der Waals surface area contributed by atoms with Gasteiger partial charge in [-0.1, -0.05) is 170 Å². The highest BCUT2D eigenvalue weighted by atomic mass is 32.1. The second kappa shape index (κ2) is 17.2. The lowest BCUT2D eigenvalue weighted by atomic mass is 9.97. The van der Waals surface area contributed by atoms with Gasteiger partial charge in [-0.15, -0.1) is 11.3 Å². The molecule has 10 aromatic carbocycles. The Morgan fingerprint density at radius 2 is 0.922 bits per heavy atom. The molecule has 0 atom stereocenters. The molecule has 0 aliphatic carbocycles. The fraction of sp³-hybridized carbons (Fsp3) is 0.0333. The highest BCUT2D eigenvalue weighted by Gasteiger charge is 2.23. The molecule has 0 aliphatic heterocycles. The van der Waals surface area contributed by atoms with Gasteiger partial charge in [-0.05, 0) is 105 Å². The Labute approximate surface area is 378 Å². The maximum Gasteiger partial charge on any atom is 0.0721 e. The number of benzene rings is 10. The van der Waals surface area contributed by atoms with Crippen molar-refractivity contribution in [2.75, 3.05) is 9.80 Å². The molecule has 11 rings (SSSR count). The van der Waals surface area contributed by atoms with Crippen molar-refractivity contribution in [3.63, 3.8) is 0 Å². The summed E-state index contributed by atoms with van der Waals surface area (Å²) in [6, 6.07) is 81.3. The molecule has 1 aromatic heterocycles. The Balaban J connectivity index is 1.12. The molecule has 0 N–H and O–H groups in total. The summed E-state index contributed by atoms with van der Waals surface area (Å²) < 4.78 is 8.81. The van der Waals surface area contributed by atoms with E-state index in [0.29, 0.717) is 13.2 Å². The van der Waals surface area contributed by atoms with Crippen LogP contribution < -0.4 is 9.80 Å². The van der Waals surface area contributed by atoms with Crippen molar-refractivity contribution in [3.8, 4) is 11.1 Å². The first-order valence-corrected chi connectivity index (χ1v) is 22.5. The van der Waals surface area contributed by atoms with E-state index < -0.39 is 0 Å². The van der Waals surface area contributed by atoms with Crippen LogP contribution in [0.1, 0.15) is 16.7 Å². The number of hydrogen-bond donors (Lipinski definition) is 0. The number of rotatable bonds is 12. The minimum Gasteiger partial charge on any atom is -0.372 e. The Morgan fingerprint density at radius 1 is 0.422 bits per heavy atom. The monoisotopic (exact) mass is 840 g/mol. The second-order valence-electron chi connectivity index (χ2n) is 16.1. The van der Waals surface area contributed by atoms with Crippen molar-refractivity contribution in [1.82, 2.24) is 0 Å². The highest BCUT2D eigenvalue weighted by molar-refractivity contribution is 7.25. The summed E-state index contributed by atoms with van der Waals surface area (Å²) >= 11 is 1.85. The molecule has 0 saturated carbocycles. The van der Waals surface area contributed by atoms with E-state index >= 15 is 0 Å². The van der Waals surface area contributed by atoms with Crippen molar-refractivity contribution in [3.05, 3.63) is 248 Å². The zero-order valence-corrected chi connectivity index (χ0v) is 36.1. The molecular formula is C60H44N2OS. The zero-order valence-electron chi connectivity index (χ0n) is 35.3. The number of para-hydroxylation sites is 1. The molecule has 0 fully saturated rings. The molecule has 0 radical (unpaired) electrons. The predicted octanol–water partition coefficient (Wildman–Crippen LogP) is 17.3. The molecule has 3 nitrogen and oxygen atoms in total. The molecule has 0 bridgehead atoms. The second-order valence-corrected chi connectivity index (χ2v) is 17.2. The largest absolute Gasteiger partial charge is 0.372 e. The van der Waals surface area contributed by atoms with Crippen LogP contribution in [0.15, 0.2) is 231 Å². The van der Waals surface area contributed by atoms with E-state index in [0.717, 1.165) is 56.4 Å². The average molecular weight is 841 g/mol. The molecular weight excluding hydrogens is 797 g/mol. The molecule has 64 heavy (non-hydrogen) atoms. The van der Waals surface area contributed by atoms with Crippen LogP contribution in [0.25, 0.3) is 58.9 Å². The third kappa shape index (κ3) is 7.49. The highest BCUT2D eigenvalue weighted by Crippen LogP contribution is 2.48. The van der Waals surface area contributed by atoms with E-state index in [1.54, 1.807) is 0 Å². The topological polar surface area (TPSA) is 15.7 Å². The van der Waals surface area contributed by atoms with Crippen LogP contribution in [0.5, 0.6) is 0 Å².